The summed E-state index contributed by atoms with van der Waals surface area (Å²) in [5.41, 5.74) is 1.86. The molecule has 0 spiro atoms. The first kappa shape index (κ1) is 16.0. The third-order valence-electron chi connectivity index (χ3n) is 3.28. The molecule has 1 aliphatic heterocycles. The molecule has 1 aliphatic rings. The molecule has 7 heteroatoms. The van der Waals surface area contributed by atoms with Crippen molar-refractivity contribution in [2.45, 2.75) is 20.0 Å². The minimum atomic E-state index is -0.285. The summed E-state index contributed by atoms with van der Waals surface area (Å²) >= 11 is 1.08. The van der Waals surface area contributed by atoms with Gasteiger partial charge in [-0.15, -0.1) is 0 Å². The van der Waals surface area contributed by atoms with E-state index < -0.39 is 0 Å². The fourth-order valence-corrected chi connectivity index (χ4v) is 3.01. The second-order valence-corrected chi connectivity index (χ2v) is 6.50. The monoisotopic (exact) mass is 338 g/mol. The molecular formula is C17H14N4O2S. The Morgan fingerprint density at radius 1 is 1.46 bits per heavy atom. The summed E-state index contributed by atoms with van der Waals surface area (Å²) in [4.78, 5) is 16.5. The average molecular weight is 338 g/mol. The van der Waals surface area contributed by atoms with Crippen molar-refractivity contribution in [3.63, 3.8) is 0 Å². The number of nitriles is 1. The Morgan fingerprint density at radius 3 is 2.88 bits per heavy atom. The quantitative estimate of drug-likeness (QED) is 0.838. The van der Waals surface area contributed by atoms with Crippen LogP contribution in [0.3, 0.4) is 0 Å². The van der Waals surface area contributed by atoms with Crippen LogP contribution in [0, 0.1) is 16.7 Å². The highest BCUT2D eigenvalue weighted by molar-refractivity contribution is 8.18. The van der Waals surface area contributed by atoms with Crippen LogP contribution in [0.4, 0.5) is 0 Å². The lowest BCUT2D eigenvalue weighted by Gasteiger charge is -2.14. The van der Waals surface area contributed by atoms with Gasteiger partial charge in [0.05, 0.1) is 16.5 Å². The van der Waals surface area contributed by atoms with Gasteiger partial charge in [-0.2, -0.15) is 5.26 Å². The summed E-state index contributed by atoms with van der Waals surface area (Å²) in [5, 5.41) is 20.1. The van der Waals surface area contributed by atoms with Gasteiger partial charge >= 0.3 is 0 Å². The lowest BCUT2D eigenvalue weighted by molar-refractivity contribution is -0.115. The van der Waals surface area contributed by atoms with Gasteiger partial charge in [0, 0.05) is 11.6 Å². The molecule has 24 heavy (non-hydrogen) atoms. The number of carbonyl (C=O) groups excluding carboxylic acids is 1. The van der Waals surface area contributed by atoms with Gasteiger partial charge < -0.3 is 10.1 Å². The van der Waals surface area contributed by atoms with Crippen molar-refractivity contribution in [2.75, 3.05) is 0 Å². The van der Waals surface area contributed by atoms with Crippen molar-refractivity contribution in [3.05, 3.63) is 40.4 Å². The number of nitrogens with one attached hydrogen (secondary N) is 2. The van der Waals surface area contributed by atoms with E-state index in [4.69, 9.17) is 10.1 Å². The molecule has 3 rings (SSSR count). The van der Waals surface area contributed by atoms with Crippen LogP contribution in [0.2, 0.25) is 0 Å². The van der Waals surface area contributed by atoms with Crippen molar-refractivity contribution in [2.24, 2.45) is 0 Å². The van der Waals surface area contributed by atoms with Crippen molar-refractivity contribution >= 4 is 39.8 Å². The number of fused-ring (bicyclic) bond motifs is 1. The summed E-state index contributed by atoms with van der Waals surface area (Å²) < 4.78 is 5.81. The fourth-order valence-electron chi connectivity index (χ4n) is 2.31. The van der Waals surface area contributed by atoms with Gasteiger partial charge in [0.2, 0.25) is 0 Å². The van der Waals surface area contributed by atoms with E-state index in [9.17, 15) is 10.1 Å². The van der Waals surface area contributed by atoms with E-state index in [0.29, 0.717) is 21.7 Å². The second-order valence-electron chi connectivity index (χ2n) is 5.45. The van der Waals surface area contributed by atoms with Crippen molar-refractivity contribution in [1.29, 1.82) is 10.7 Å². The highest BCUT2D eigenvalue weighted by Gasteiger charge is 2.22. The van der Waals surface area contributed by atoms with Crippen molar-refractivity contribution in [3.8, 4) is 11.8 Å². The molecule has 1 aromatic carbocycles. The van der Waals surface area contributed by atoms with E-state index in [1.54, 1.807) is 6.08 Å². The van der Waals surface area contributed by atoms with Crippen molar-refractivity contribution < 1.29 is 9.53 Å². The number of carbonyl (C=O) groups is 1. The van der Waals surface area contributed by atoms with E-state index in [1.165, 1.54) is 6.20 Å². The predicted molar refractivity (Wildman–Crippen MR) is 93.7 cm³/mol. The number of rotatable bonds is 3. The molecule has 0 unspecified atom stereocenters. The van der Waals surface area contributed by atoms with Crippen LogP contribution in [-0.4, -0.2) is 22.2 Å². The molecule has 0 radical (unpaired) electrons. The zero-order valence-electron chi connectivity index (χ0n) is 13.1. The number of hydrogen-bond donors (Lipinski definition) is 2. The Labute approximate surface area is 143 Å². The summed E-state index contributed by atoms with van der Waals surface area (Å²) in [7, 11) is 0. The number of amides is 1. The Kier molecular flexibility index (Phi) is 4.23. The maximum absolute atomic E-state index is 11.7. The van der Waals surface area contributed by atoms with E-state index in [-0.39, 0.29) is 17.2 Å². The van der Waals surface area contributed by atoms with Gasteiger partial charge in [-0.25, -0.2) is 0 Å². The number of ether oxygens (including phenoxy) is 1. The fraction of sp³-hybridized carbons (Fsp3) is 0.176. The standard InChI is InChI=1S/C17H14N4O2S/c1-9(2)23-15-11(7-18)8-20-13-4-3-10(5-12(13)15)6-14-16(22)21-17(19)24-14/h3-6,8-9H,1-2H3,(H2,19,21,22)/b14-6-. The van der Waals surface area contributed by atoms with Gasteiger partial charge in [0.15, 0.2) is 5.17 Å². The molecule has 0 bridgehead atoms. The van der Waals surface area contributed by atoms with Gasteiger partial charge in [-0.05, 0) is 49.4 Å². The number of benzene rings is 1. The molecule has 1 fully saturated rings. The zero-order valence-corrected chi connectivity index (χ0v) is 13.9. The Balaban J connectivity index is 2.13. The molecule has 1 aromatic heterocycles. The number of nitrogens with zero attached hydrogens (tertiary/aromatic N) is 2. The Morgan fingerprint density at radius 2 is 2.25 bits per heavy atom. The molecule has 120 valence electrons. The molecule has 2 N–H and O–H groups in total. The first-order valence-electron chi connectivity index (χ1n) is 7.27. The van der Waals surface area contributed by atoms with Crippen LogP contribution < -0.4 is 10.1 Å². The van der Waals surface area contributed by atoms with Crippen molar-refractivity contribution in [1.82, 2.24) is 10.3 Å². The van der Waals surface area contributed by atoms with Crippen LogP contribution in [0.1, 0.15) is 25.0 Å². The zero-order chi connectivity index (χ0) is 17.3. The molecule has 0 aliphatic carbocycles. The molecule has 6 nitrogen and oxygen atoms in total. The molecule has 2 heterocycles. The summed E-state index contributed by atoms with van der Waals surface area (Å²) in [5.74, 6) is 0.210. The number of thioether (sulfide) groups is 1. The van der Waals surface area contributed by atoms with Crippen LogP contribution >= 0.6 is 11.8 Å². The first-order chi connectivity index (χ1) is 11.5. The van der Waals surface area contributed by atoms with E-state index in [1.807, 2.05) is 32.0 Å². The van der Waals surface area contributed by atoms with E-state index in [0.717, 1.165) is 22.7 Å². The molecule has 1 saturated heterocycles. The van der Waals surface area contributed by atoms with E-state index in [2.05, 4.69) is 16.4 Å². The summed E-state index contributed by atoms with van der Waals surface area (Å²) in [6.07, 6.45) is 3.13. The molecule has 0 saturated carbocycles. The minimum Gasteiger partial charge on any atom is -0.489 e. The normalized spacial score (nSPS) is 15.8. The number of amidine groups is 1. The summed E-state index contributed by atoms with van der Waals surface area (Å²) in [6.45, 7) is 3.79. The predicted octanol–water partition coefficient (Wildman–Crippen LogP) is 3.03. The molecular weight excluding hydrogens is 324 g/mol. The van der Waals surface area contributed by atoms with Crippen LogP contribution in [-0.2, 0) is 4.79 Å². The van der Waals surface area contributed by atoms with Gasteiger partial charge in [0.25, 0.3) is 5.91 Å². The molecule has 0 atom stereocenters. The lowest BCUT2D eigenvalue weighted by Crippen LogP contribution is -2.18. The van der Waals surface area contributed by atoms with Gasteiger partial charge in [0.1, 0.15) is 17.4 Å². The van der Waals surface area contributed by atoms with Crippen LogP contribution in [0.25, 0.3) is 17.0 Å². The van der Waals surface area contributed by atoms with Crippen LogP contribution in [0.5, 0.6) is 5.75 Å². The Bertz CT molecular complexity index is 928. The van der Waals surface area contributed by atoms with E-state index >= 15 is 0 Å². The third-order valence-corrected chi connectivity index (χ3v) is 4.11. The highest BCUT2D eigenvalue weighted by atomic mass is 32.2. The van der Waals surface area contributed by atoms with Gasteiger partial charge in [-0.3, -0.25) is 15.2 Å². The number of pyridine rings is 1. The molecule has 2 aromatic rings. The number of hydrogen-bond acceptors (Lipinski definition) is 6. The smallest absolute Gasteiger partial charge is 0.264 e. The maximum atomic E-state index is 11.7. The topological polar surface area (TPSA) is 98.9 Å². The first-order valence-corrected chi connectivity index (χ1v) is 8.08. The summed E-state index contributed by atoms with van der Waals surface area (Å²) in [6, 6.07) is 7.59. The maximum Gasteiger partial charge on any atom is 0.264 e. The minimum absolute atomic E-state index is 0.0821. The largest absolute Gasteiger partial charge is 0.489 e. The average Bonchev–Trinajstić information content (AvgIpc) is 2.85. The Hall–Kier alpha value is -2.85. The third kappa shape index (κ3) is 3.09. The van der Waals surface area contributed by atoms with Gasteiger partial charge in [-0.1, -0.05) is 6.07 Å². The molecule has 1 amide bonds. The lowest BCUT2D eigenvalue weighted by atomic mass is 10.1. The second kappa shape index (κ2) is 6.34. The highest BCUT2D eigenvalue weighted by Crippen LogP contribution is 2.31. The van der Waals surface area contributed by atoms with Crippen LogP contribution in [0.15, 0.2) is 29.3 Å². The number of aromatic nitrogens is 1. The SMILES string of the molecule is CC(C)Oc1c(C#N)cnc2ccc(/C=C3\SC(=N)NC3=O)cc12.